The zero-order valence-electron chi connectivity index (χ0n) is 12.1. The molecule has 0 saturated carbocycles. The predicted molar refractivity (Wildman–Crippen MR) is 71.0 cm³/mol. The summed E-state index contributed by atoms with van der Waals surface area (Å²) in [6.07, 6.45) is -3.60. The molecule has 2 N–H and O–H groups in total. The summed E-state index contributed by atoms with van der Waals surface area (Å²) in [5, 5.41) is 0. The number of hydrogen-bond acceptors (Lipinski definition) is 5. The zero-order chi connectivity index (χ0) is 16.1. The Hall–Kier alpha value is -1.48. The molecule has 1 saturated heterocycles. The smallest absolute Gasteiger partial charge is 0.402 e. The summed E-state index contributed by atoms with van der Waals surface area (Å²) in [5.74, 6) is -0.969. The first-order valence-corrected chi connectivity index (χ1v) is 6.29. The molecule has 1 aromatic rings. The van der Waals surface area contributed by atoms with Crippen LogP contribution < -0.4 is 15.9 Å². The molecule has 0 aliphatic carbocycles. The SMILES string of the molecule is CC1(C)OB(c2ccnc(N)c2OC(F)(F)F)OC1(C)C. The third-order valence-electron chi connectivity index (χ3n) is 3.69. The molecule has 21 heavy (non-hydrogen) atoms. The first-order chi connectivity index (χ1) is 9.43. The molecule has 0 radical (unpaired) electrons. The lowest BCUT2D eigenvalue weighted by molar-refractivity contribution is -0.274. The van der Waals surface area contributed by atoms with Crippen LogP contribution >= 0.6 is 0 Å². The van der Waals surface area contributed by atoms with E-state index in [4.69, 9.17) is 15.0 Å². The van der Waals surface area contributed by atoms with Crippen LogP contribution in [-0.4, -0.2) is 29.7 Å². The number of pyridine rings is 1. The number of rotatable bonds is 2. The van der Waals surface area contributed by atoms with Gasteiger partial charge in [0.25, 0.3) is 0 Å². The van der Waals surface area contributed by atoms with E-state index in [0.29, 0.717) is 0 Å². The third-order valence-corrected chi connectivity index (χ3v) is 3.69. The standard InChI is InChI=1S/C12H16BF3N2O3/c1-10(2)11(3,4)21-13(20-10)7-5-6-18-9(17)8(7)19-12(14,15)16/h5-6H,1-4H3,(H2,17,18). The van der Waals surface area contributed by atoms with Gasteiger partial charge in [-0.2, -0.15) is 0 Å². The highest BCUT2D eigenvalue weighted by Gasteiger charge is 2.53. The van der Waals surface area contributed by atoms with Gasteiger partial charge < -0.3 is 19.8 Å². The van der Waals surface area contributed by atoms with Gasteiger partial charge in [-0.1, -0.05) is 0 Å². The Morgan fingerprint density at radius 3 is 2.19 bits per heavy atom. The van der Waals surface area contributed by atoms with Crippen LogP contribution in [0.3, 0.4) is 0 Å². The molecule has 0 amide bonds. The molecule has 9 heteroatoms. The minimum atomic E-state index is -4.88. The van der Waals surface area contributed by atoms with Crippen molar-refractivity contribution in [3.05, 3.63) is 12.3 Å². The van der Waals surface area contributed by atoms with E-state index in [1.54, 1.807) is 27.7 Å². The highest BCUT2D eigenvalue weighted by molar-refractivity contribution is 6.63. The average molecular weight is 304 g/mol. The van der Waals surface area contributed by atoms with Crippen molar-refractivity contribution in [2.75, 3.05) is 5.73 Å². The predicted octanol–water partition coefficient (Wildman–Crippen LogP) is 1.86. The maximum Gasteiger partial charge on any atom is 0.573 e. The summed E-state index contributed by atoms with van der Waals surface area (Å²) in [7, 11) is -1.02. The summed E-state index contributed by atoms with van der Waals surface area (Å²) in [6, 6.07) is 1.33. The highest BCUT2D eigenvalue weighted by atomic mass is 19.4. The lowest BCUT2D eigenvalue weighted by Gasteiger charge is -2.32. The van der Waals surface area contributed by atoms with Crippen LogP contribution in [0.1, 0.15) is 27.7 Å². The number of hydrogen-bond donors (Lipinski definition) is 1. The van der Waals surface area contributed by atoms with Crippen molar-refractivity contribution in [2.45, 2.75) is 45.3 Å². The summed E-state index contributed by atoms with van der Waals surface area (Å²) < 4.78 is 52.9. The van der Waals surface area contributed by atoms with Crippen molar-refractivity contribution >= 4 is 18.4 Å². The van der Waals surface area contributed by atoms with Crippen molar-refractivity contribution in [3.8, 4) is 5.75 Å². The van der Waals surface area contributed by atoms with Crippen molar-refractivity contribution in [2.24, 2.45) is 0 Å². The second-order valence-corrected chi connectivity index (χ2v) is 5.75. The maximum absolute atomic E-state index is 12.5. The van der Waals surface area contributed by atoms with Crippen LogP contribution in [-0.2, 0) is 9.31 Å². The van der Waals surface area contributed by atoms with Crippen LogP contribution in [0.15, 0.2) is 12.3 Å². The quantitative estimate of drug-likeness (QED) is 0.845. The van der Waals surface area contributed by atoms with E-state index in [-0.39, 0.29) is 11.3 Å². The molecule has 0 unspecified atom stereocenters. The number of nitrogens with zero attached hydrogens (tertiary/aromatic N) is 1. The van der Waals surface area contributed by atoms with Gasteiger partial charge >= 0.3 is 13.5 Å². The van der Waals surface area contributed by atoms with Gasteiger partial charge in [-0.15, -0.1) is 13.2 Å². The summed E-state index contributed by atoms with van der Waals surface area (Å²) in [5.41, 5.74) is 4.16. The fraction of sp³-hybridized carbons (Fsp3) is 0.583. The van der Waals surface area contributed by atoms with E-state index in [9.17, 15) is 13.2 Å². The minimum absolute atomic E-state index is 0.0541. The number of ether oxygens (including phenoxy) is 1. The zero-order valence-corrected chi connectivity index (χ0v) is 12.1. The van der Waals surface area contributed by atoms with Gasteiger partial charge in [0.1, 0.15) is 0 Å². The molecule has 1 fully saturated rings. The first kappa shape index (κ1) is 15.9. The van der Waals surface area contributed by atoms with Crippen LogP contribution in [0.2, 0.25) is 0 Å². The summed E-state index contributed by atoms with van der Waals surface area (Å²) in [6.45, 7) is 7.17. The van der Waals surface area contributed by atoms with E-state index in [1.807, 2.05) is 0 Å². The topological polar surface area (TPSA) is 66.6 Å². The van der Waals surface area contributed by atoms with Crippen LogP contribution in [0.4, 0.5) is 19.0 Å². The van der Waals surface area contributed by atoms with Gasteiger partial charge in [0.15, 0.2) is 11.6 Å². The molecule has 1 aliphatic heterocycles. The van der Waals surface area contributed by atoms with Crippen molar-refractivity contribution in [1.29, 1.82) is 0 Å². The monoisotopic (exact) mass is 304 g/mol. The molecule has 5 nitrogen and oxygen atoms in total. The third kappa shape index (κ3) is 3.08. The number of halogens is 3. The molecular formula is C12H16BF3N2O3. The fourth-order valence-electron chi connectivity index (χ4n) is 1.86. The Morgan fingerprint density at radius 2 is 1.71 bits per heavy atom. The number of aromatic nitrogens is 1. The molecule has 1 aromatic heterocycles. The molecule has 2 heterocycles. The summed E-state index contributed by atoms with van der Waals surface area (Å²) >= 11 is 0. The largest absolute Gasteiger partial charge is 0.573 e. The Kier molecular flexibility index (Phi) is 3.62. The van der Waals surface area contributed by atoms with Gasteiger partial charge in [-0.05, 0) is 33.8 Å². The van der Waals surface area contributed by atoms with Gasteiger partial charge in [0.05, 0.1) is 11.2 Å². The Balaban J connectivity index is 2.40. The average Bonchev–Trinajstić information content (AvgIpc) is 2.49. The molecule has 0 bridgehead atoms. The van der Waals surface area contributed by atoms with E-state index in [2.05, 4.69) is 9.72 Å². The Bertz CT molecular complexity index is 533. The number of nitrogens with two attached hydrogens (primary N) is 1. The van der Waals surface area contributed by atoms with Crippen LogP contribution in [0.5, 0.6) is 5.75 Å². The minimum Gasteiger partial charge on any atom is -0.402 e. The molecule has 1 aliphatic rings. The fourth-order valence-corrected chi connectivity index (χ4v) is 1.86. The van der Waals surface area contributed by atoms with Crippen molar-refractivity contribution in [3.63, 3.8) is 0 Å². The molecule has 0 aromatic carbocycles. The van der Waals surface area contributed by atoms with E-state index in [1.165, 1.54) is 12.3 Å². The summed E-state index contributed by atoms with van der Waals surface area (Å²) in [4.78, 5) is 3.61. The normalized spacial score (nSPS) is 20.6. The lowest BCUT2D eigenvalue weighted by atomic mass is 9.79. The van der Waals surface area contributed by atoms with Gasteiger partial charge in [0.2, 0.25) is 0 Å². The van der Waals surface area contributed by atoms with Crippen molar-refractivity contribution < 1.29 is 27.2 Å². The van der Waals surface area contributed by atoms with Gasteiger partial charge in [0, 0.05) is 11.7 Å². The lowest BCUT2D eigenvalue weighted by Crippen LogP contribution is -2.41. The first-order valence-electron chi connectivity index (χ1n) is 6.29. The van der Waals surface area contributed by atoms with Gasteiger partial charge in [-0.25, -0.2) is 4.98 Å². The number of anilines is 1. The second kappa shape index (κ2) is 4.77. The van der Waals surface area contributed by atoms with Gasteiger partial charge in [-0.3, -0.25) is 0 Å². The maximum atomic E-state index is 12.5. The van der Waals surface area contributed by atoms with Crippen LogP contribution in [0, 0.1) is 0 Å². The van der Waals surface area contributed by atoms with Crippen LogP contribution in [0.25, 0.3) is 0 Å². The number of alkyl halides is 3. The van der Waals surface area contributed by atoms with E-state index in [0.717, 1.165) is 0 Å². The second-order valence-electron chi connectivity index (χ2n) is 5.75. The molecule has 116 valence electrons. The molecule has 2 rings (SSSR count). The van der Waals surface area contributed by atoms with E-state index >= 15 is 0 Å². The number of nitrogen functional groups attached to an aromatic ring is 1. The van der Waals surface area contributed by atoms with E-state index < -0.39 is 30.4 Å². The van der Waals surface area contributed by atoms with Crippen molar-refractivity contribution in [1.82, 2.24) is 4.98 Å². The highest BCUT2D eigenvalue weighted by Crippen LogP contribution is 2.38. The Morgan fingerprint density at radius 1 is 1.19 bits per heavy atom. The molecular weight excluding hydrogens is 288 g/mol. The molecule has 0 spiro atoms. The Labute approximate surface area is 120 Å². The molecule has 0 atom stereocenters.